The standard InChI is InChI=1S/C35H36N6O6S/c1-45-26-7-9-27(10-8-26)48(43,44)41-30-12-6-24(22-36)20-29(30)35(34(41)42,40-16-3-4-31(40)33-38-15-19-47-33)28-11-5-25(21-32(28)46-2)23-39-17-13-37-14-18-39/h5-12,15,19-21,31,37H,3-4,13-14,16-18,23H2,1-2H3/t31-,35?/m0/s1. The van der Waals surface area contributed by atoms with Gasteiger partial charge in [0.2, 0.25) is 5.89 Å². The maximum Gasteiger partial charge on any atom is 0.271 e. The number of oxazole rings is 1. The van der Waals surface area contributed by atoms with Gasteiger partial charge in [0.1, 0.15) is 17.8 Å². The van der Waals surface area contributed by atoms with Crippen molar-refractivity contribution in [3.05, 3.63) is 101 Å². The predicted molar refractivity (Wildman–Crippen MR) is 176 cm³/mol. The van der Waals surface area contributed by atoms with Crippen LogP contribution in [0.5, 0.6) is 11.5 Å². The van der Waals surface area contributed by atoms with Gasteiger partial charge in [-0.25, -0.2) is 17.7 Å². The molecule has 0 radical (unpaired) electrons. The Bertz CT molecular complexity index is 1970. The molecule has 4 heterocycles. The maximum atomic E-state index is 15.5. The Kier molecular flexibility index (Phi) is 8.43. The summed E-state index contributed by atoms with van der Waals surface area (Å²) in [5.41, 5.74) is 0.584. The molecule has 3 aliphatic heterocycles. The van der Waals surface area contributed by atoms with E-state index in [0.717, 1.165) is 36.0 Å². The zero-order chi connectivity index (χ0) is 33.5. The number of ether oxygens (including phenoxy) is 2. The van der Waals surface area contributed by atoms with Crippen LogP contribution >= 0.6 is 0 Å². The number of carbonyl (C=O) groups excluding carboxylic acids is 1. The smallest absolute Gasteiger partial charge is 0.271 e. The van der Waals surface area contributed by atoms with E-state index in [1.165, 1.54) is 37.6 Å². The van der Waals surface area contributed by atoms with Crippen molar-refractivity contribution in [2.75, 3.05) is 51.2 Å². The molecule has 2 saturated heterocycles. The number of anilines is 1. The lowest BCUT2D eigenvalue weighted by molar-refractivity contribution is -0.127. The lowest BCUT2D eigenvalue weighted by Crippen LogP contribution is -2.54. The fourth-order valence-corrected chi connectivity index (χ4v) is 8.77. The van der Waals surface area contributed by atoms with Gasteiger partial charge < -0.3 is 19.2 Å². The summed E-state index contributed by atoms with van der Waals surface area (Å²) in [6.07, 6.45) is 4.37. The van der Waals surface area contributed by atoms with Gasteiger partial charge in [0.05, 0.1) is 48.7 Å². The minimum atomic E-state index is -4.45. The molecule has 3 aromatic carbocycles. The molecule has 248 valence electrons. The lowest BCUT2D eigenvalue weighted by atomic mass is 9.80. The predicted octanol–water partition coefficient (Wildman–Crippen LogP) is 3.78. The minimum absolute atomic E-state index is 0.0771. The van der Waals surface area contributed by atoms with Gasteiger partial charge in [0, 0.05) is 50.4 Å². The average Bonchev–Trinajstić information content (AvgIpc) is 3.87. The second-order valence-electron chi connectivity index (χ2n) is 12.1. The summed E-state index contributed by atoms with van der Waals surface area (Å²) < 4.78 is 47.1. The number of likely N-dealkylation sites (tertiary alicyclic amines) is 1. The molecule has 7 rings (SSSR count). The topological polar surface area (TPSA) is 141 Å². The third kappa shape index (κ3) is 5.12. The van der Waals surface area contributed by atoms with Gasteiger partial charge in [-0.05, 0) is 66.9 Å². The third-order valence-electron chi connectivity index (χ3n) is 9.52. The lowest BCUT2D eigenvalue weighted by Gasteiger charge is -2.41. The molecular weight excluding hydrogens is 632 g/mol. The van der Waals surface area contributed by atoms with Gasteiger partial charge in [-0.3, -0.25) is 14.6 Å². The largest absolute Gasteiger partial charge is 0.497 e. The first-order valence-corrected chi connectivity index (χ1v) is 17.3. The number of benzene rings is 3. The van der Waals surface area contributed by atoms with Crippen molar-refractivity contribution in [2.45, 2.75) is 35.9 Å². The molecule has 0 saturated carbocycles. The Morgan fingerprint density at radius 2 is 1.81 bits per heavy atom. The summed E-state index contributed by atoms with van der Waals surface area (Å²) in [4.78, 5) is 24.2. The molecule has 13 heteroatoms. The number of nitriles is 1. The molecule has 2 atom stereocenters. The van der Waals surface area contributed by atoms with Crippen LogP contribution in [0, 0.1) is 11.3 Å². The maximum absolute atomic E-state index is 15.5. The van der Waals surface area contributed by atoms with Crippen molar-refractivity contribution in [2.24, 2.45) is 0 Å². The highest BCUT2D eigenvalue weighted by Crippen LogP contribution is 2.56. The highest BCUT2D eigenvalue weighted by atomic mass is 32.2. The number of aromatic nitrogens is 1. The average molecular weight is 669 g/mol. The first-order valence-electron chi connectivity index (χ1n) is 15.9. The van der Waals surface area contributed by atoms with Gasteiger partial charge >= 0.3 is 0 Å². The summed E-state index contributed by atoms with van der Waals surface area (Å²) in [6, 6.07) is 18.1. The van der Waals surface area contributed by atoms with E-state index in [4.69, 9.17) is 13.9 Å². The van der Waals surface area contributed by atoms with E-state index in [1.807, 2.05) is 23.1 Å². The molecule has 1 aromatic heterocycles. The van der Waals surface area contributed by atoms with Crippen molar-refractivity contribution in [3.8, 4) is 17.6 Å². The van der Waals surface area contributed by atoms with Gasteiger partial charge in [-0.2, -0.15) is 5.26 Å². The van der Waals surface area contributed by atoms with Gasteiger partial charge in [-0.1, -0.05) is 12.1 Å². The Hall–Kier alpha value is -4.74. The number of methoxy groups -OCH3 is 2. The van der Waals surface area contributed by atoms with Crippen molar-refractivity contribution in [3.63, 3.8) is 0 Å². The van der Waals surface area contributed by atoms with Crippen molar-refractivity contribution < 1.29 is 27.1 Å². The van der Waals surface area contributed by atoms with E-state index in [0.29, 0.717) is 54.4 Å². The second-order valence-corrected chi connectivity index (χ2v) is 13.9. The molecule has 48 heavy (non-hydrogen) atoms. The zero-order valence-electron chi connectivity index (χ0n) is 26.8. The van der Waals surface area contributed by atoms with E-state index in [9.17, 15) is 13.7 Å². The molecule has 3 aliphatic rings. The Balaban J connectivity index is 1.46. The molecule has 12 nitrogen and oxygen atoms in total. The summed E-state index contributed by atoms with van der Waals surface area (Å²) >= 11 is 0. The molecule has 0 spiro atoms. The van der Waals surface area contributed by atoms with Crippen LogP contribution in [0.3, 0.4) is 0 Å². The van der Waals surface area contributed by atoms with E-state index >= 15 is 4.79 Å². The second kappa shape index (κ2) is 12.7. The van der Waals surface area contributed by atoms with Crippen LogP contribution in [0.1, 0.15) is 47.0 Å². The molecular formula is C35H36N6O6S. The summed E-state index contributed by atoms with van der Waals surface area (Å²) in [7, 11) is -1.40. The molecule has 1 unspecified atom stereocenters. The number of fused-ring (bicyclic) bond motifs is 1. The number of sulfonamides is 1. The fraction of sp³-hybridized carbons (Fsp3) is 0.343. The van der Waals surface area contributed by atoms with Crippen LogP contribution < -0.4 is 19.1 Å². The number of piperazine rings is 1. The summed E-state index contributed by atoms with van der Waals surface area (Å²) in [5.74, 6) is 0.635. The van der Waals surface area contributed by atoms with Gasteiger partial charge in [0.25, 0.3) is 15.9 Å². The highest BCUT2D eigenvalue weighted by molar-refractivity contribution is 7.93. The number of amides is 1. The number of carbonyl (C=O) groups is 1. The number of nitrogens with zero attached hydrogens (tertiary/aromatic N) is 5. The van der Waals surface area contributed by atoms with Crippen LogP contribution in [0.2, 0.25) is 0 Å². The number of nitrogens with one attached hydrogen (secondary N) is 1. The molecule has 2 fully saturated rings. The SMILES string of the molecule is COc1ccc(S(=O)(=O)N2C(=O)C(c3ccc(CN4CCNCC4)cc3OC)(N3CCC[C@H]3c3ncco3)c3cc(C#N)ccc32)cc1. The molecule has 1 amide bonds. The summed E-state index contributed by atoms with van der Waals surface area (Å²) in [6.45, 7) is 4.73. The zero-order valence-corrected chi connectivity index (χ0v) is 27.6. The van der Waals surface area contributed by atoms with Gasteiger partial charge in [0.15, 0.2) is 5.54 Å². The Morgan fingerprint density at radius 1 is 1.02 bits per heavy atom. The molecule has 1 N–H and O–H groups in total. The number of hydrogen-bond donors (Lipinski definition) is 1. The molecule has 4 aromatic rings. The van der Waals surface area contributed by atoms with E-state index in [2.05, 4.69) is 21.3 Å². The normalized spacial score (nSPS) is 21.6. The minimum Gasteiger partial charge on any atom is -0.497 e. The fourth-order valence-electron chi connectivity index (χ4n) is 7.31. The third-order valence-corrected chi connectivity index (χ3v) is 11.2. The number of rotatable bonds is 9. The van der Waals surface area contributed by atoms with Gasteiger partial charge in [-0.15, -0.1) is 0 Å². The monoisotopic (exact) mass is 668 g/mol. The van der Waals surface area contributed by atoms with E-state index in [1.54, 1.807) is 31.5 Å². The van der Waals surface area contributed by atoms with Crippen LogP contribution in [0.4, 0.5) is 5.69 Å². The Labute approximate surface area is 279 Å². The van der Waals surface area contributed by atoms with Crippen LogP contribution in [-0.2, 0) is 26.9 Å². The van der Waals surface area contributed by atoms with Crippen molar-refractivity contribution >= 4 is 21.6 Å². The summed E-state index contributed by atoms with van der Waals surface area (Å²) in [5, 5.41) is 13.4. The van der Waals surface area contributed by atoms with E-state index < -0.39 is 27.5 Å². The number of hydrogen-bond acceptors (Lipinski definition) is 11. The van der Waals surface area contributed by atoms with Crippen molar-refractivity contribution in [1.29, 1.82) is 5.26 Å². The van der Waals surface area contributed by atoms with Crippen LogP contribution in [0.15, 0.2) is 82.4 Å². The first kappa shape index (κ1) is 31.8. The van der Waals surface area contributed by atoms with Crippen LogP contribution in [0.25, 0.3) is 0 Å². The Morgan fingerprint density at radius 3 is 2.50 bits per heavy atom. The highest BCUT2D eigenvalue weighted by Gasteiger charge is 2.62. The van der Waals surface area contributed by atoms with Crippen LogP contribution in [-0.4, -0.2) is 76.1 Å². The molecule has 0 bridgehead atoms. The van der Waals surface area contributed by atoms with E-state index in [-0.39, 0.29) is 16.1 Å². The first-order chi connectivity index (χ1) is 23.3. The van der Waals surface area contributed by atoms with Crippen molar-refractivity contribution in [1.82, 2.24) is 20.1 Å². The quantitative estimate of drug-likeness (QED) is 0.279. The molecule has 0 aliphatic carbocycles.